The topological polar surface area (TPSA) is 24.9 Å². The lowest BCUT2D eigenvalue weighted by atomic mass is 9.76. The fourth-order valence-electron chi connectivity index (χ4n) is 2.61. The Morgan fingerprint density at radius 3 is 3.00 bits per heavy atom. The van der Waals surface area contributed by atoms with Crippen LogP contribution in [0, 0.1) is 0 Å². The number of nitrogens with one attached hydrogen (secondary N) is 1. The Morgan fingerprint density at radius 2 is 2.14 bits per heavy atom. The molecule has 1 saturated heterocycles. The fraction of sp³-hybridized carbons (Fsp3) is 0.417. The maximum absolute atomic E-state index is 4.40. The molecule has 0 bridgehead atoms. The molecule has 2 aliphatic rings. The highest BCUT2D eigenvalue weighted by Crippen LogP contribution is 2.41. The van der Waals surface area contributed by atoms with E-state index in [4.69, 9.17) is 0 Å². The largest absolute Gasteiger partial charge is 0.317 e. The van der Waals surface area contributed by atoms with Gasteiger partial charge in [-0.1, -0.05) is 12.1 Å². The molecule has 1 aliphatic carbocycles. The zero-order valence-electron chi connectivity index (χ0n) is 8.16. The van der Waals surface area contributed by atoms with E-state index in [1.54, 1.807) is 0 Å². The lowest BCUT2D eigenvalue weighted by Crippen LogP contribution is -2.37. The number of nitrogens with zero attached hydrogens (tertiary/aromatic N) is 1. The number of fused-ring (bicyclic) bond motifs is 2. The summed E-state index contributed by atoms with van der Waals surface area (Å²) in [5.41, 5.74) is 2.91. The molecule has 3 rings (SSSR count). The average Bonchev–Trinajstić information content (AvgIpc) is 2.60. The molecule has 0 saturated carbocycles. The van der Waals surface area contributed by atoms with Gasteiger partial charge in [-0.15, -0.1) is 0 Å². The minimum absolute atomic E-state index is 0.300. The van der Waals surface area contributed by atoms with Gasteiger partial charge in [-0.2, -0.15) is 0 Å². The van der Waals surface area contributed by atoms with Gasteiger partial charge < -0.3 is 5.32 Å². The van der Waals surface area contributed by atoms with Crippen molar-refractivity contribution in [3.63, 3.8) is 0 Å². The average molecular weight is 186 g/mol. The van der Waals surface area contributed by atoms with Gasteiger partial charge in [0, 0.05) is 11.6 Å². The molecular weight excluding hydrogens is 172 g/mol. The summed E-state index contributed by atoms with van der Waals surface area (Å²) in [6.45, 7) is 2.25. The molecule has 72 valence electrons. The monoisotopic (exact) mass is 186 g/mol. The molecule has 2 nitrogen and oxygen atoms in total. The fourth-order valence-corrected chi connectivity index (χ4v) is 2.61. The van der Waals surface area contributed by atoms with Gasteiger partial charge in [0.1, 0.15) is 0 Å². The van der Waals surface area contributed by atoms with Crippen LogP contribution >= 0.6 is 0 Å². The van der Waals surface area contributed by atoms with Crippen molar-refractivity contribution in [1.29, 1.82) is 0 Å². The Balaban J connectivity index is 2.07. The number of pyridine rings is 1. The summed E-state index contributed by atoms with van der Waals surface area (Å²) < 4.78 is 0. The van der Waals surface area contributed by atoms with E-state index in [0.717, 1.165) is 13.1 Å². The summed E-state index contributed by atoms with van der Waals surface area (Å²) in [6, 6.07) is 4.28. The van der Waals surface area contributed by atoms with E-state index >= 15 is 0 Å². The van der Waals surface area contributed by atoms with Gasteiger partial charge in [0.2, 0.25) is 0 Å². The number of hydrogen-bond donors (Lipinski definition) is 1. The predicted molar refractivity (Wildman–Crippen MR) is 57.1 cm³/mol. The molecule has 0 atom stereocenters. The molecule has 0 aromatic carbocycles. The third kappa shape index (κ3) is 1.04. The summed E-state index contributed by atoms with van der Waals surface area (Å²) >= 11 is 0. The van der Waals surface area contributed by atoms with Crippen LogP contribution in [0.3, 0.4) is 0 Å². The molecule has 0 unspecified atom stereocenters. The lowest BCUT2D eigenvalue weighted by Gasteiger charge is -2.33. The number of allylic oxidation sites excluding steroid dienone is 1. The van der Waals surface area contributed by atoms with Crippen molar-refractivity contribution in [1.82, 2.24) is 10.3 Å². The van der Waals surface area contributed by atoms with Crippen molar-refractivity contribution < 1.29 is 0 Å². The number of hydrogen-bond acceptors (Lipinski definition) is 2. The van der Waals surface area contributed by atoms with E-state index in [1.165, 1.54) is 24.1 Å². The summed E-state index contributed by atoms with van der Waals surface area (Å²) in [5.74, 6) is 0. The summed E-state index contributed by atoms with van der Waals surface area (Å²) in [4.78, 5) is 4.40. The molecule has 2 heterocycles. The van der Waals surface area contributed by atoms with Gasteiger partial charge in [-0.25, -0.2) is 0 Å². The third-order valence-corrected chi connectivity index (χ3v) is 3.43. The number of aromatic nitrogens is 1. The normalized spacial score (nSPS) is 22.6. The Labute approximate surface area is 84.1 Å². The zero-order chi connectivity index (χ0) is 9.43. The number of rotatable bonds is 0. The van der Waals surface area contributed by atoms with Crippen LogP contribution in [0.25, 0.3) is 6.08 Å². The van der Waals surface area contributed by atoms with Crippen LogP contribution in [0.15, 0.2) is 24.4 Å². The minimum atomic E-state index is 0.300. The van der Waals surface area contributed by atoms with Gasteiger partial charge >= 0.3 is 0 Å². The number of piperidine rings is 1. The lowest BCUT2D eigenvalue weighted by molar-refractivity contribution is 0.378. The Kier molecular flexibility index (Phi) is 1.71. The van der Waals surface area contributed by atoms with Crippen molar-refractivity contribution in [3.8, 4) is 0 Å². The molecule has 1 aromatic heterocycles. The predicted octanol–water partition coefficient (Wildman–Crippen LogP) is 1.73. The first-order chi connectivity index (χ1) is 6.91. The molecule has 1 aromatic rings. The van der Waals surface area contributed by atoms with Crippen molar-refractivity contribution in [3.05, 3.63) is 35.7 Å². The van der Waals surface area contributed by atoms with E-state index < -0.39 is 0 Å². The molecule has 2 heteroatoms. The molecule has 1 spiro atoms. The van der Waals surface area contributed by atoms with E-state index in [9.17, 15) is 0 Å². The second-order valence-corrected chi connectivity index (χ2v) is 4.18. The van der Waals surface area contributed by atoms with Crippen LogP contribution < -0.4 is 5.32 Å². The molecular formula is C12H14N2. The van der Waals surface area contributed by atoms with E-state index in [2.05, 4.69) is 34.6 Å². The standard InChI is InChI=1S/C12H14N2/c1-2-10-11(14-7-1)3-4-12(10)5-8-13-9-6-12/h1-4,7,13H,5-6,8-9H2. The van der Waals surface area contributed by atoms with Crippen molar-refractivity contribution in [2.45, 2.75) is 18.3 Å². The zero-order valence-corrected chi connectivity index (χ0v) is 8.16. The highest BCUT2D eigenvalue weighted by atomic mass is 14.9. The van der Waals surface area contributed by atoms with Crippen LogP contribution in [0.4, 0.5) is 0 Å². The molecule has 1 N–H and O–H groups in total. The quantitative estimate of drug-likeness (QED) is 0.667. The highest BCUT2D eigenvalue weighted by Gasteiger charge is 2.36. The van der Waals surface area contributed by atoms with Crippen LogP contribution in [-0.2, 0) is 5.41 Å². The Morgan fingerprint density at radius 1 is 1.29 bits per heavy atom. The smallest absolute Gasteiger partial charge is 0.0667 e. The van der Waals surface area contributed by atoms with Gasteiger partial charge in [0.25, 0.3) is 0 Å². The summed E-state index contributed by atoms with van der Waals surface area (Å²) in [5, 5.41) is 3.41. The van der Waals surface area contributed by atoms with Crippen LogP contribution in [-0.4, -0.2) is 18.1 Å². The first-order valence-corrected chi connectivity index (χ1v) is 5.26. The van der Waals surface area contributed by atoms with Crippen molar-refractivity contribution >= 4 is 6.08 Å². The first kappa shape index (κ1) is 8.18. The highest BCUT2D eigenvalue weighted by molar-refractivity contribution is 5.62. The molecule has 0 radical (unpaired) electrons. The summed E-state index contributed by atoms with van der Waals surface area (Å²) in [7, 11) is 0. The third-order valence-electron chi connectivity index (χ3n) is 3.43. The van der Waals surface area contributed by atoms with Crippen LogP contribution in [0.1, 0.15) is 24.1 Å². The SMILES string of the molecule is C1=CC2(CCNCC2)c2cccnc21. The van der Waals surface area contributed by atoms with Gasteiger partial charge in [-0.3, -0.25) is 4.98 Å². The second kappa shape index (κ2) is 2.92. The van der Waals surface area contributed by atoms with E-state index in [1.807, 2.05) is 6.20 Å². The van der Waals surface area contributed by atoms with E-state index in [0.29, 0.717) is 5.41 Å². The van der Waals surface area contributed by atoms with E-state index in [-0.39, 0.29) is 0 Å². The Hall–Kier alpha value is -1.15. The summed E-state index contributed by atoms with van der Waals surface area (Å²) in [6.07, 6.45) is 8.83. The maximum atomic E-state index is 4.40. The minimum Gasteiger partial charge on any atom is -0.317 e. The van der Waals surface area contributed by atoms with Crippen molar-refractivity contribution in [2.75, 3.05) is 13.1 Å². The van der Waals surface area contributed by atoms with Gasteiger partial charge in [0.15, 0.2) is 0 Å². The van der Waals surface area contributed by atoms with Crippen molar-refractivity contribution in [2.24, 2.45) is 0 Å². The molecule has 14 heavy (non-hydrogen) atoms. The van der Waals surface area contributed by atoms with Crippen LogP contribution in [0.5, 0.6) is 0 Å². The second-order valence-electron chi connectivity index (χ2n) is 4.18. The first-order valence-electron chi connectivity index (χ1n) is 5.26. The molecule has 1 fully saturated rings. The van der Waals surface area contributed by atoms with Gasteiger partial charge in [0.05, 0.1) is 5.69 Å². The van der Waals surface area contributed by atoms with Gasteiger partial charge in [-0.05, 0) is 43.6 Å². The molecule has 1 aliphatic heterocycles. The Bertz CT molecular complexity index is 376. The maximum Gasteiger partial charge on any atom is 0.0667 e. The van der Waals surface area contributed by atoms with Crippen LogP contribution in [0.2, 0.25) is 0 Å². The molecule has 0 amide bonds.